The zero-order chi connectivity index (χ0) is 58.5. The van der Waals surface area contributed by atoms with Gasteiger partial charge in [-0.15, -0.1) is 0 Å². The molecule has 0 aromatic heterocycles. The molecule has 0 aromatic rings. The van der Waals surface area contributed by atoms with Gasteiger partial charge in [-0.05, 0) is 124 Å². The quantitative estimate of drug-likeness (QED) is 0.0344. The van der Waals surface area contributed by atoms with Gasteiger partial charge in [0, 0.05) is 52.1 Å². The van der Waals surface area contributed by atoms with Crippen molar-refractivity contribution in [2.24, 2.45) is 46.3 Å². The van der Waals surface area contributed by atoms with E-state index in [0.717, 1.165) is 135 Å². The summed E-state index contributed by atoms with van der Waals surface area (Å²) in [5.74, 6) is -0.386. The molecule has 4 saturated carbocycles. The third kappa shape index (κ3) is 21.8. The Hall–Kier alpha value is -3.71. The van der Waals surface area contributed by atoms with Crippen molar-refractivity contribution >= 4 is 41.5 Å². The average molecular weight is 1120 g/mol. The number of fused-ring (bicyclic) bond motifs is 5. The zero-order valence-electron chi connectivity index (χ0n) is 52.4. The molecule has 4 aliphatic rings. The highest BCUT2D eigenvalue weighted by Gasteiger charge is 2.65. The lowest BCUT2D eigenvalue weighted by Gasteiger charge is -2.62. The number of ether oxygens (including phenoxy) is 2. The van der Waals surface area contributed by atoms with Gasteiger partial charge in [-0.1, -0.05) is 164 Å². The Balaban J connectivity index is 1.43. The van der Waals surface area contributed by atoms with Crippen LogP contribution in [0.2, 0.25) is 0 Å². The van der Waals surface area contributed by atoms with Crippen LogP contribution in [0.25, 0.3) is 0 Å². The Labute approximate surface area is 486 Å². The maximum Gasteiger partial charge on any atom is 0.325 e. The van der Waals surface area contributed by atoms with E-state index in [-0.39, 0.29) is 78.3 Å². The maximum atomic E-state index is 14.2. The molecule has 4 aliphatic carbocycles. The highest BCUT2D eigenvalue weighted by atomic mass is 16.5. The van der Waals surface area contributed by atoms with Crippen LogP contribution in [0.4, 0.5) is 0 Å². The summed E-state index contributed by atoms with van der Waals surface area (Å²) in [6.07, 6.45) is 32.3. The van der Waals surface area contributed by atoms with Crippen molar-refractivity contribution in [1.29, 1.82) is 0 Å². The minimum Gasteiger partial charge on any atom is -0.461 e. The van der Waals surface area contributed by atoms with Crippen molar-refractivity contribution in [2.45, 2.75) is 279 Å². The molecule has 0 radical (unpaired) electrons. The minimum atomic E-state index is -0.491. The molecular weight excluding hydrogens is 1010 g/mol. The third-order valence-electron chi connectivity index (χ3n) is 20.3. The topological polar surface area (TPSA) is 172 Å². The van der Waals surface area contributed by atoms with E-state index in [4.69, 9.17) is 9.47 Å². The van der Waals surface area contributed by atoms with Gasteiger partial charge in [0.1, 0.15) is 38.1 Å². The molecule has 4 fully saturated rings. The summed E-state index contributed by atoms with van der Waals surface area (Å²) in [5.41, 5.74) is -0.402. The van der Waals surface area contributed by atoms with Gasteiger partial charge >= 0.3 is 11.9 Å². The van der Waals surface area contributed by atoms with Crippen LogP contribution in [0.5, 0.6) is 0 Å². The summed E-state index contributed by atoms with van der Waals surface area (Å²) in [5, 5.41) is 5.35. The Morgan fingerprint density at radius 2 is 0.988 bits per heavy atom. The number of unbranched alkanes of at least 4 members (excludes halogenated alkanes) is 18. The molecule has 10 atom stereocenters. The van der Waals surface area contributed by atoms with Gasteiger partial charge in [0.15, 0.2) is 0 Å². The second kappa shape index (κ2) is 36.8. The van der Waals surface area contributed by atoms with Gasteiger partial charge in [0.05, 0.1) is 0 Å². The van der Waals surface area contributed by atoms with E-state index in [9.17, 15) is 33.6 Å². The molecule has 0 aromatic carbocycles. The lowest BCUT2D eigenvalue weighted by molar-refractivity contribution is -0.199. The van der Waals surface area contributed by atoms with Gasteiger partial charge in [0.25, 0.3) is 0 Å². The predicted octanol–water partition coefficient (Wildman–Crippen LogP) is 12.9. The van der Waals surface area contributed by atoms with Crippen LogP contribution in [0.1, 0.15) is 267 Å². The molecule has 14 nitrogen and oxygen atoms in total. The molecule has 2 N–H and O–H groups in total. The van der Waals surface area contributed by atoms with Crippen LogP contribution in [0.3, 0.4) is 0 Å². The van der Waals surface area contributed by atoms with Crippen LogP contribution in [0.15, 0.2) is 0 Å². The Morgan fingerprint density at radius 3 is 1.49 bits per heavy atom. The van der Waals surface area contributed by atoms with Crippen molar-refractivity contribution in [3.8, 4) is 0 Å². The summed E-state index contributed by atoms with van der Waals surface area (Å²) >= 11 is 0. The fourth-order valence-electron chi connectivity index (χ4n) is 15.2. The van der Waals surface area contributed by atoms with Crippen LogP contribution >= 0.6 is 0 Å². The highest BCUT2D eigenvalue weighted by Crippen LogP contribution is 2.69. The molecule has 0 bridgehead atoms. The summed E-state index contributed by atoms with van der Waals surface area (Å²) in [6, 6.07) is 0. The minimum absolute atomic E-state index is 0.0728. The molecule has 0 saturated heterocycles. The summed E-state index contributed by atoms with van der Waals surface area (Å²) in [6.45, 7) is 18.2. The second-order valence-electron chi connectivity index (χ2n) is 26.1. The summed E-state index contributed by atoms with van der Waals surface area (Å²) < 4.78 is 12.8. The largest absolute Gasteiger partial charge is 0.461 e. The Morgan fingerprint density at radius 1 is 0.525 bits per heavy atom. The van der Waals surface area contributed by atoms with Crippen molar-refractivity contribution in [1.82, 2.24) is 25.3 Å². The SMILES string of the molecule is CCCCCCCCN(CCCCCCCC)C(=O)CC[C@@H](C)[C@H]1CC[C@H]2[C@@H]3CC[C@@H]4C[C@H](OC(=O)CNC(=O)CC(=O)N(C)CCCCCCC)CC[C@]4(C)[C@H]3C[C@H](OC(=O)CNC(=O)CC(=O)N(C)CCCCCCC)[C@]12C. The number of carbonyl (C=O) groups excluding carboxylic acids is 7. The average Bonchev–Trinajstić information content (AvgIpc) is 3.74. The molecule has 0 spiro atoms. The fraction of sp³-hybridized carbons (Fsp3) is 0.894. The smallest absolute Gasteiger partial charge is 0.325 e. The van der Waals surface area contributed by atoms with Gasteiger partial charge in [-0.3, -0.25) is 33.6 Å². The van der Waals surface area contributed by atoms with Gasteiger partial charge in [-0.2, -0.15) is 0 Å². The number of nitrogens with one attached hydrogen (secondary N) is 2. The molecule has 0 unspecified atom stereocenters. The maximum absolute atomic E-state index is 14.2. The number of rotatable bonds is 40. The van der Waals surface area contributed by atoms with Gasteiger partial charge < -0.3 is 34.8 Å². The van der Waals surface area contributed by atoms with Crippen LogP contribution in [-0.4, -0.2) is 122 Å². The van der Waals surface area contributed by atoms with Crippen LogP contribution in [-0.2, 0) is 43.0 Å². The van der Waals surface area contributed by atoms with Gasteiger partial charge in [-0.25, -0.2) is 0 Å². The molecule has 460 valence electrons. The van der Waals surface area contributed by atoms with Crippen molar-refractivity contribution < 1.29 is 43.0 Å². The van der Waals surface area contributed by atoms with E-state index in [2.05, 4.69) is 64.0 Å². The monoisotopic (exact) mass is 1120 g/mol. The van der Waals surface area contributed by atoms with E-state index < -0.39 is 29.9 Å². The summed E-state index contributed by atoms with van der Waals surface area (Å²) in [4.78, 5) is 98.5. The first-order valence-electron chi connectivity index (χ1n) is 33.1. The van der Waals surface area contributed by atoms with E-state index >= 15 is 0 Å². The van der Waals surface area contributed by atoms with Crippen molar-refractivity contribution in [2.75, 3.05) is 53.4 Å². The number of hydrogen-bond donors (Lipinski definition) is 2. The number of hydrogen-bond acceptors (Lipinski definition) is 9. The van der Waals surface area contributed by atoms with E-state index in [1.807, 2.05) is 0 Å². The normalized spacial score (nSPS) is 25.3. The first-order chi connectivity index (χ1) is 38.4. The van der Waals surface area contributed by atoms with Crippen molar-refractivity contribution in [3.63, 3.8) is 0 Å². The fourth-order valence-corrected chi connectivity index (χ4v) is 15.2. The lowest BCUT2D eigenvalue weighted by atomic mass is 9.43. The molecule has 0 aliphatic heterocycles. The second-order valence-corrected chi connectivity index (χ2v) is 26.1. The molecule has 4 rings (SSSR count). The number of amides is 5. The zero-order valence-corrected chi connectivity index (χ0v) is 52.4. The number of nitrogens with zero attached hydrogens (tertiary/aromatic N) is 3. The highest BCUT2D eigenvalue weighted by molar-refractivity contribution is 5.98. The van der Waals surface area contributed by atoms with Crippen LogP contribution < -0.4 is 10.6 Å². The summed E-state index contributed by atoms with van der Waals surface area (Å²) in [7, 11) is 3.45. The first kappa shape index (κ1) is 68.8. The number of esters is 2. The standard InChI is InChI=1S/C66H117N5O9/c1-10-14-18-22-26-30-42-71(43-31-27-23-19-15-11-2)60(74)37-32-50(5)54-35-36-55-53-34-33-51-44-52(79-63(77)48-67-58(72)46-61(75)69(8)40-28-24-20-16-12-3)38-39-65(51,6)56(53)45-57(66(54,55)7)80-64(78)49-68-59(73)47-62(76)70(9)41-29-25-21-17-13-4/h50-57H,10-49H2,1-9H3,(H,67,72)(H,68,73)/t50-,51-,52-,53+,54-,55+,56+,57+,65+,66-/m1/s1. The van der Waals surface area contributed by atoms with Crippen molar-refractivity contribution in [3.05, 3.63) is 0 Å². The first-order valence-corrected chi connectivity index (χ1v) is 33.1. The lowest BCUT2D eigenvalue weighted by Crippen LogP contribution is -2.60. The van der Waals surface area contributed by atoms with E-state index in [1.165, 1.54) is 64.2 Å². The van der Waals surface area contributed by atoms with E-state index in [0.29, 0.717) is 50.1 Å². The van der Waals surface area contributed by atoms with Crippen LogP contribution in [0, 0.1) is 46.3 Å². The van der Waals surface area contributed by atoms with Gasteiger partial charge in [0.2, 0.25) is 29.5 Å². The predicted molar refractivity (Wildman–Crippen MR) is 320 cm³/mol. The molecule has 5 amide bonds. The Bertz CT molecular complexity index is 1870. The Kier molecular flexibility index (Phi) is 31.6. The molecule has 0 heterocycles. The molecule has 14 heteroatoms. The molecule has 80 heavy (non-hydrogen) atoms. The van der Waals surface area contributed by atoms with E-state index in [1.54, 1.807) is 23.9 Å². The number of carbonyl (C=O) groups is 7. The third-order valence-corrected chi connectivity index (χ3v) is 20.3. The molecular formula is C66H117N5O9.